The predicted molar refractivity (Wildman–Crippen MR) is 125 cm³/mol. The van der Waals surface area contributed by atoms with E-state index in [2.05, 4.69) is 25.7 Å². The van der Waals surface area contributed by atoms with Gasteiger partial charge in [-0.3, -0.25) is 0 Å². The molecule has 0 radical (unpaired) electrons. The first-order chi connectivity index (χ1) is 13.2. The van der Waals surface area contributed by atoms with Crippen molar-refractivity contribution in [3.8, 4) is 0 Å². The summed E-state index contributed by atoms with van der Waals surface area (Å²) in [6.45, 7) is 11.7. The molecular weight excluding hydrogens is 326 g/mol. The third kappa shape index (κ3) is 21.7. The fraction of sp³-hybridized carbons (Fsp3) is 0.923. The lowest BCUT2D eigenvalue weighted by atomic mass is 9.92. The van der Waals surface area contributed by atoms with E-state index in [1.165, 1.54) is 122 Å². The highest BCUT2D eigenvalue weighted by Crippen LogP contribution is 2.21. The van der Waals surface area contributed by atoms with Crippen molar-refractivity contribution in [3.63, 3.8) is 0 Å². The monoisotopic (exact) mass is 379 g/mol. The van der Waals surface area contributed by atoms with Gasteiger partial charge in [0.1, 0.15) is 0 Å². The number of unbranched alkanes of at least 4 members (excludes halogenated alkanes) is 14. The number of hydrogen-bond donors (Lipinski definition) is 1. The normalized spacial score (nSPS) is 12.3. The molecule has 162 valence electrons. The molecule has 0 saturated carbocycles. The van der Waals surface area contributed by atoms with Crippen LogP contribution in [0.5, 0.6) is 0 Å². The van der Waals surface area contributed by atoms with Crippen molar-refractivity contribution in [3.05, 3.63) is 12.3 Å². The summed E-state index contributed by atoms with van der Waals surface area (Å²) >= 11 is 0. The van der Waals surface area contributed by atoms with Gasteiger partial charge < -0.3 is 5.32 Å². The van der Waals surface area contributed by atoms with E-state index >= 15 is 0 Å². The summed E-state index contributed by atoms with van der Waals surface area (Å²) in [5, 5.41) is 3.32. The second-order valence-electron chi connectivity index (χ2n) is 8.86. The summed E-state index contributed by atoms with van der Waals surface area (Å²) in [7, 11) is 0. The molecule has 0 aromatic heterocycles. The van der Waals surface area contributed by atoms with Gasteiger partial charge in [-0.25, -0.2) is 0 Å². The molecular formula is C26H53N. The molecule has 1 nitrogen and oxygen atoms in total. The van der Waals surface area contributed by atoms with Crippen molar-refractivity contribution >= 4 is 0 Å². The highest BCUT2D eigenvalue weighted by atomic mass is 14.9. The van der Waals surface area contributed by atoms with Gasteiger partial charge in [0.2, 0.25) is 0 Å². The maximum absolute atomic E-state index is 3.88. The van der Waals surface area contributed by atoms with E-state index in [-0.39, 0.29) is 0 Å². The number of rotatable bonds is 22. The van der Waals surface area contributed by atoms with Gasteiger partial charge in [0.25, 0.3) is 0 Å². The van der Waals surface area contributed by atoms with E-state index in [4.69, 9.17) is 0 Å². The SMILES string of the molecule is C=C(C)NCCCCCCCCCC(CC)CCCCCCCCCCC. The van der Waals surface area contributed by atoms with Crippen molar-refractivity contribution in [2.45, 2.75) is 143 Å². The molecule has 0 rings (SSSR count). The Morgan fingerprint density at radius 3 is 1.44 bits per heavy atom. The third-order valence-electron chi connectivity index (χ3n) is 6.01. The fourth-order valence-electron chi connectivity index (χ4n) is 4.04. The van der Waals surface area contributed by atoms with E-state index in [1.807, 2.05) is 6.92 Å². The van der Waals surface area contributed by atoms with Crippen LogP contribution in [0.4, 0.5) is 0 Å². The minimum absolute atomic E-state index is 1.00. The first kappa shape index (κ1) is 26.5. The molecule has 0 aromatic carbocycles. The maximum Gasteiger partial charge on any atom is 0.0143 e. The van der Waals surface area contributed by atoms with E-state index in [9.17, 15) is 0 Å². The zero-order chi connectivity index (χ0) is 20.0. The van der Waals surface area contributed by atoms with Crippen molar-refractivity contribution in [2.75, 3.05) is 6.54 Å². The molecule has 0 aliphatic heterocycles. The fourth-order valence-corrected chi connectivity index (χ4v) is 4.04. The third-order valence-corrected chi connectivity index (χ3v) is 6.01. The van der Waals surface area contributed by atoms with Crippen molar-refractivity contribution in [1.29, 1.82) is 0 Å². The molecule has 0 bridgehead atoms. The summed E-state index contributed by atoms with van der Waals surface area (Å²) in [6, 6.07) is 0. The maximum atomic E-state index is 3.88. The standard InChI is InChI=1S/C26H53N/c1-5-7-8-9-10-11-13-16-19-22-26(6-2)23-20-17-14-12-15-18-21-24-27-25(3)4/h26-27H,3,5-24H2,1-2,4H3. The molecule has 0 saturated heterocycles. The Morgan fingerprint density at radius 2 is 1.04 bits per heavy atom. The molecule has 0 aliphatic carbocycles. The van der Waals surface area contributed by atoms with Gasteiger partial charge in [-0.1, -0.05) is 136 Å². The molecule has 27 heavy (non-hydrogen) atoms. The zero-order valence-electron chi connectivity index (χ0n) is 19.4. The number of hydrogen-bond acceptors (Lipinski definition) is 1. The van der Waals surface area contributed by atoms with Crippen LogP contribution in [-0.2, 0) is 0 Å². The van der Waals surface area contributed by atoms with Crippen molar-refractivity contribution in [1.82, 2.24) is 5.32 Å². The first-order valence-electron chi connectivity index (χ1n) is 12.6. The van der Waals surface area contributed by atoms with Crippen LogP contribution in [0.3, 0.4) is 0 Å². The Kier molecular flexibility index (Phi) is 21.5. The minimum atomic E-state index is 1.00. The second-order valence-corrected chi connectivity index (χ2v) is 8.86. The average molecular weight is 380 g/mol. The molecule has 1 unspecified atom stereocenters. The Labute approximate surface area is 173 Å². The van der Waals surface area contributed by atoms with Crippen LogP contribution in [0.15, 0.2) is 12.3 Å². The largest absolute Gasteiger partial charge is 0.389 e. The number of allylic oxidation sites excluding steroid dienone is 1. The van der Waals surface area contributed by atoms with E-state index in [0.29, 0.717) is 0 Å². The van der Waals surface area contributed by atoms with E-state index in [1.54, 1.807) is 0 Å². The molecule has 1 N–H and O–H groups in total. The van der Waals surface area contributed by atoms with Crippen LogP contribution in [0.1, 0.15) is 143 Å². The molecule has 1 heteroatoms. The summed E-state index contributed by atoms with van der Waals surface area (Å²) < 4.78 is 0. The predicted octanol–water partition coefficient (Wildman–Crippen LogP) is 9.18. The Hall–Kier alpha value is -0.460. The Bertz CT molecular complexity index is 297. The number of nitrogens with one attached hydrogen (secondary N) is 1. The molecule has 0 aliphatic rings. The van der Waals surface area contributed by atoms with Crippen LogP contribution in [-0.4, -0.2) is 6.54 Å². The quantitative estimate of drug-likeness (QED) is 0.185. The molecule has 0 aromatic rings. The lowest BCUT2D eigenvalue weighted by molar-refractivity contribution is 0.392. The Morgan fingerprint density at radius 1 is 0.630 bits per heavy atom. The zero-order valence-corrected chi connectivity index (χ0v) is 19.4. The highest BCUT2D eigenvalue weighted by Gasteiger charge is 2.06. The molecule has 0 spiro atoms. The lowest BCUT2D eigenvalue weighted by Gasteiger charge is -2.14. The second kappa shape index (κ2) is 21.8. The molecule has 1 atom stereocenters. The van der Waals surface area contributed by atoms with Crippen LogP contribution < -0.4 is 5.32 Å². The topological polar surface area (TPSA) is 12.0 Å². The lowest BCUT2D eigenvalue weighted by Crippen LogP contribution is -2.11. The van der Waals surface area contributed by atoms with E-state index < -0.39 is 0 Å². The average Bonchev–Trinajstić information content (AvgIpc) is 2.66. The van der Waals surface area contributed by atoms with Gasteiger partial charge in [0.15, 0.2) is 0 Å². The molecule has 0 amide bonds. The summed E-state index contributed by atoms with van der Waals surface area (Å²) in [5.74, 6) is 1.00. The Balaban J connectivity index is 3.30. The van der Waals surface area contributed by atoms with Gasteiger partial charge in [-0.05, 0) is 19.3 Å². The van der Waals surface area contributed by atoms with Gasteiger partial charge in [0, 0.05) is 12.2 Å². The molecule has 0 fully saturated rings. The smallest absolute Gasteiger partial charge is 0.0143 e. The first-order valence-corrected chi connectivity index (χ1v) is 12.6. The van der Waals surface area contributed by atoms with Crippen molar-refractivity contribution < 1.29 is 0 Å². The molecule has 0 heterocycles. The minimum Gasteiger partial charge on any atom is -0.389 e. The summed E-state index contributed by atoms with van der Waals surface area (Å²) in [6.07, 6.45) is 27.4. The van der Waals surface area contributed by atoms with Gasteiger partial charge in [-0.15, -0.1) is 0 Å². The van der Waals surface area contributed by atoms with Crippen LogP contribution in [0.2, 0.25) is 0 Å². The summed E-state index contributed by atoms with van der Waals surface area (Å²) in [4.78, 5) is 0. The van der Waals surface area contributed by atoms with Crippen molar-refractivity contribution in [2.24, 2.45) is 5.92 Å². The van der Waals surface area contributed by atoms with E-state index in [0.717, 1.165) is 18.2 Å². The van der Waals surface area contributed by atoms with Gasteiger partial charge in [-0.2, -0.15) is 0 Å². The highest BCUT2D eigenvalue weighted by molar-refractivity contribution is 4.83. The van der Waals surface area contributed by atoms with Crippen LogP contribution in [0.25, 0.3) is 0 Å². The van der Waals surface area contributed by atoms with Gasteiger partial charge >= 0.3 is 0 Å². The van der Waals surface area contributed by atoms with Gasteiger partial charge in [0.05, 0.1) is 0 Å². The summed E-state index contributed by atoms with van der Waals surface area (Å²) in [5.41, 5.74) is 1.10. The van der Waals surface area contributed by atoms with Crippen LogP contribution >= 0.6 is 0 Å². The van der Waals surface area contributed by atoms with Crippen LogP contribution in [0, 0.1) is 5.92 Å².